The largest absolute Gasteiger partial charge is 0.464 e. The zero-order valence-electron chi connectivity index (χ0n) is 18.3. The van der Waals surface area contributed by atoms with Gasteiger partial charge in [0.2, 0.25) is 15.9 Å². The van der Waals surface area contributed by atoms with Gasteiger partial charge >= 0.3 is 0 Å². The first kappa shape index (κ1) is 24.2. The second-order valence-corrected chi connectivity index (χ2v) is 9.65. The molecule has 166 valence electrons. The number of sulfonamides is 1. The standard InChI is InChI=1S/C23H34N2O4S/c1-4-6-17-30(27,28)25(15-5-2)19-23(26)24(18-22-13-12-20(3)29-22)16-14-21-10-8-7-9-11-21/h7-13H,4-6,14-19H2,1-3H3. The third-order valence-electron chi connectivity index (χ3n) is 4.94. The Labute approximate surface area is 180 Å². The maximum absolute atomic E-state index is 13.2. The van der Waals surface area contributed by atoms with Crippen LogP contribution in [0.15, 0.2) is 46.9 Å². The number of rotatable bonds is 13. The van der Waals surface area contributed by atoms with Crippen LogP contribution < -0.4 is 0 Å². The monoisotopic (exact) mass is 434 g/mol. The molecule has 1 amide bonds. The number of nitrogens with zero attached hydrogens (tertiary/aromatic N) is 2. The fourth-order valence-electron chi connectivity index (χ4n) is 3.23. The van der Waals surface area contributed by atoms with Crippen molar-refractivity contribution in [1.82, 2.24) is 9.21 Å². The molecule has 0 aliphatic rings. The number of unbranched alkanes of at least 4 members (excludes halogenated alkanes) is 1. The van der Waals surface area contributed by atoms with Crippen molar-refractivity contribution in [2.45, 2.75) is 53.0 Å². The van der Waals surface area contributed by atoms with E-state index < -0.39 is 10.0 Å². The second-order valence-electron chi connectivity index (χ2n) is 7.57. The SMILES string of the molecule is CCCCS(=O)(=O)N(CCC)CC(=O)N(CCc1ccccc1)Cc1ccc(C)o1. The van der Waals surface area contributed by atoms with Crippen LogP contribution in [0, 0.1) is 6.92 Å². The van der Waals surface area contributed by atoms with Crippen LogP contribution in [-0.4, -0.2) is 48.9 Å². The summed E-state index contributed by atoms with van der Waals surface area (Å²) in [6.45, 7) is 6.79. The van der Waals surface area contributed by atoms with E-state index in [4.69, 9.17) is 4.42 Å². The maximum Gasteiger partial charge on any atom is 0.238 e. The zero-order chi connectivity index (χ0) is 22.0. The van der Waals surface area contributed by atoms with Gasteiger partial charge in [-0.15, -0.1) is 0 Å². The molecular formula is C23H34N2O4S. The van der Waals surface area contributed by atoms with Crippen molar-refractivity contribution < 1.29 is 17.6 Å². The third-order valence-corrected chi connectivity index (χ3v) is 6.85. The van der Waals surface area contributed by atoms with Crippen molar-refractivity contribution in [3.05, 3.63) is 59.5 Å². The van der Waals surface area contributed by atoms with Gasteiger partial charge in [-0.05, 0) is 43.9 Å². The number of carbonyl (C=O) groups excluding carboxylic acids is 1. The first-order chi connectivity index (χ1) is 14.4. The predicted molar refractivity (Wildman–Crippen MR) is 120 cm³/mol. The summed E-state index contributed by atoms with van der Waals surface area (Å²) < 4.78 is 32.4. The van der Waals surface area contributed by atoms with Crippen LogP contribution >= 0.6 is 0 Å². The molecule has 0 saturated carbocycles. The first-order valence-corrected chi connectivity index (χ1v) is 12.3. The molecule has 0 saturated heterocycles. The van der Waals surface area contributed by atoms with Gasteiger partial charge in [-0.2, -0.15) is 4.31 Å². The average Bonchev–Trinajstić information content (AvgIpc) is 3.14. The predicted octanol–water partition coefficient (Wildman–Crippen LogP) is 4.00. The first-order valence-electron chi connectivity index (χ1n) is 10.7. The van der Waals surface area contributed by atoms with Crippen LogP contribution in [0.3, 0.4) is 0 Å². The van der Waals surface area contributed by atoms with Crippen LogP contribution in [0.25, 0.3) is 0 Å². The molecule has 2 aromatic rings. The lowest BCUT2D eigenvalue weighted by Gasteiger charge is -2.27. The summed E-state index contributed by atoms with van der Waals surface area (Å²) in [5.74, 6) is 1.37. The summed E-state index contributed by atoms with van der Waals surface area (Å²) in [5.41, 5.74) is 1.13. The summed E-state index contributed by atoms with van der Waals surface area (Å²) >= 11 is 0. The van der Waals surface area contributed by atoms with Gasteiger partial charge in [0.15, 0.2) is 0 Å². The topological polar surface area (TPSA) is 70.8 Å². The van der Waals surface area contributed by atoms with E-state index in [-0.39, 0.29) is 18.2 Å². The quantitative estimate of drug-likeness (QED) is 0.478. The smallest absolute Gasteiger partial charge is 0.238 e. The van der Waals surface area contributed by atoms with Gasteiger partial charge in [-0.3, -0.25) is 4.79 Å². The highest BCUT2D eigenvalue weighted by molar-refractivity contribution is 7.89. The van der Waals surface area contributed by atoms with E-state index in [1.807, 2.05) is 63.2 Å². The molecule has 1 aromatic carbocycles. The summed E-state index contributed by atoms with van der Waals surface area (Å²) in [5, 5.41) is 0. The summed E-state index contributed by atoms with van der Waals surface area (Å²) in [7, 11) is -3.45. The Morgan fingerprint density at radius 3 is 2.33 bits per heavy atom. The molecule has 0 unspecified atom stereocenters. The van der Waals surface area contributed by atoms with E-state index in [1.165, 1.54) is 4.31 Å². The van der Waals surface area contributed by atoms with E-state index in [0.717, 1.165) is 17.7 Å². The second kappa shape index (κ2) is 11.9. The number of carbonyl (C=O) groups is 1. The number of hydrogen-bond acceptors (Lipinski definition) is 4. The molecule has 0 aliphatic heterocycles. The minimum Gasteiger partial charge on any atom is -0.464 e. The third kappa shape index (κ3) is 7.61. The normalized spacial score (nSPS) is 11.7. The highest BCUT2D eigenvalue weighted by Gasteiger charge is 2.26. The number of aryl methyl sites for hydroxylation is 1. The van der Waals surface area contributed by atoms with Crippen LogP contribution in [0.4, 0.5) is 0 Å². The summed E-state index contributed by atoms with van der Waals surface area (Å²) in [4.78, 5) is 14.9. The molecule has 7 heteroatoms. The number of benzene rings is 1. The van der Waals surface area contributed by atoms with Gasteiger partial charge in [-0.1, -0.05) is 50.6 Å². The Kier molecular flexibility index (Phi) is 9.59. The van der Waals surface area contributed by atoms with E-state index in [9.17, 15) is 13.2 Å². The molecule has 1 aromatic heterocycles. The zero-order valence-corrected chi connectivity index (χ0v) is 19.2. The van der Waals surface area contributed by atoms with Crippen molar-refractivity contribution in [3.63, 3.8) is 0 Å². The molecular weight excluding hydrogens is 400 g/mol. The molecule has 2 rings (SSSR count). The number of furan rings is 1. The minimum absolute atomic E-state index is 0.0815. The Morgan fingerprint density at radius 2 is 1.73 bits per heavy atom. The minimum atomic E-state index is -3.45. The molecule has 0 atom stereocenters. The van der Waals surface area contributed by atoms with E-state index in [2.05, 4.69) is 0 Å². The van der Waals surface area contributed by atoms with Gasteiger partial charge in [0.1, 0.15) is 11.5 Å². The molecule has 0 fully saturated rings. The molecule has 0 spiro atoms. The highest BCUT2D eigenvalue weighted by Crippen LogP contribution is 2.13. The van der Waals surface area contributed by atoms with Crippen molar-refractivity contribution in [3.8, 4) is 0 Å². The molecule has 0 radical (unpaired) electrons. The van der Waals surface area contributed by atoms with Gasteiger partial charge in [0.05, 0.1) is 18.8 Å². The van der Waals surface area contributed by atoms with Gasteiger partial charge in [-0.25, -0.2) is 8.42 Å². The fraction of sp³-hybridized carbons (Fsp3) is 0.522. The van der Waals surface area contributed by atoms with Crippen molar-refractivity contribution in [1.29, 1.82) is 0 Å². The Morgan fingerprint density at radius 1 is 1.00 bits per heavy atom. The van der Waals surface area contributed by atoms with E-state index in [1.54, 1.807) is 4.90 Å². The Hall–Kier alpha value is -2.12. The molecule has 0 aliphatic carbocycles. The fourth-order valence-corrected chi connectivity index (χ4v) is 4.91. The number of hydrogen-bond donors (Lipinski definition) is 0. The van der Waals surface area contributed by atoms with E-state index >= 15 is 0 Å². The van der Waals surface area contributed by atoms with Gasteiger partial charge in [0.25, 0.3) is 0 Å². The van der Waals surface area contributed by atoms with Crippen molar-refractivity contribution in [2.24, 2.45) is 0 Å². The summed E-state index contributed by atoms with van der Waals surface area (Å²) in [6.07, 6.45) is 2.76. The lowest BCUT2D eigenvalue weighted by molar-refractivity contribution is -0.132. The van der Waals surface area contributed by atoms with Crippen LogP contribution in [0.2, 0.25) is 0 Å². The van der Waals surface area contributed by atoms with Crippen molar-refractivity contribution >= 4 is 15.9 Å². The average molecular weight is 435 g/mol. The molecule has 0 bridgehead atoms. The Balaban J connectivity index is 2.14. The van der Waals surface area contributed by atoms with Crippen molar-refractivity contribution in [2.75, 3.05) is 25.4 Å². The van der Waals surface area contributed by atoms with Gasteiger partial charge < -0.3 is 9.32 Å². The molecule has 6 nitrogen and oxygen atoms in total. The number of amides is 1. The maximum atomic E-state index is 13.2. The lowest BCUT2D eigenvalue weighted by atomic mass is 10.1. The van der Waals surface area contributed by atoms with Crippen LogP contribution in [0.5, 0.6) is 0 Å². The molecule has 1 heterocycles. The Bertz CT molecular complexity index is 878. The lowest BCUT2D eigenvalue weighted by Crippen LogP contribution is -2.44. The van der Waals surface area contributed by atoms with E-state index in [0.29, 0.717) is 44.7 Å². The molecule has 30 heavy (non-hydrogen) atoms. The van der Waals surface area contributed by atoms with Crippen LogP contribution in [0.1, 0.15) is 50.2 Å². The highest BCUT2D eigenvalue weighted by atomic mass is 32.2. The van der Waals surface area contributed by atoms with Crippen LogP contribution in [-0.2, 0) is 27.8 Å². The summed E-state index contributed by atoms with van der Waals surface area (Å²) in [6, 6.07) is 13.7. The van der Waals surface area contributed by atoms with Gasteiger partial charge in [0, 0.05) is 13.1 Å². The molecule has 0 N–H and O–H groups in total.